The lowest BCUT2D eigenvalue weighted by Crippen LogP contribution is -2.00. The molecular formula is C18H20INO2. The smallest absolute Gasteiger partial charge is 0.144 e. The van der Waals surface area contributed by atoms with Gasteiger partial charge in [0, 0.05) is 16.8 Å². The van der Waals surface area contributed by atoms with E-state index in [2.05, 4.69) is 36.4 Å². The van der Waals surface area contributed by atoms with E-state index in [9.17, 15) is 5.11 Å². The number of phenolic OH excluding ortho intramolecular Hbond substituents is 1. The maximum absolute atomic E-state index is 9.94. The van der Waals surface area contributed by atoms with E-state index in [0.29, 0.717) is 5.75 Å². The first-order valence-corrected chi connectivity index (χ1v) is 8.65. The first kappa shape index (κ1) is 15.5. The molecule has 4 heteroatoms. The molecule has 0 amide bonds. The molecule has 0 aromatic heterocycles. The highest BCUT2D eigenvalue weighted by atomic mass is 127. The van der Waals surface area contributed by atoms with Crippen molar-refractivity contribution in [3.8, 4) is 17.2 Å². The molecule has 0 aliphatic heterocycles. The molecule has 0 saturated carbocycles. The maximum atomic E-state index is 9.94. The predicted molar refractivity (Wildman–Crippen MR) is 97.9 cm³/mol. The summed E-state index contributed by atoms with van der Waals surface area (Å²) >= 11 is 2.28. The summed E-state index contributed by atoms with van der Waals surface area (Å²) in [5.41, 5.74) is 10.4. The van der Waals surface area contributed by atoms with Crippen LogP contribution in [0.2, 0.25) is 0 Å². The molecule has 0 heterocycles. The lowest BCUT2D eigenvalue weighted by atomic mass is 10.0. The van der Waals surface area contributed by atoms with Gasteiger partial charge in [-0.2, -0.15) is 0 Å². The second-order valence-corrected chi connectivity index (χ2v) is 7.23. The van der Waals surface area contributed by atoms with Crippen molar-refractivity contribution in [3.63, 3.8) is 0 Å². The Hall–Kier alpha value is -1.43. The third-order valence-corrected chi connectivity index (χ3v) is 4.98. The maximum Gasteiger partial charge on any atom is 0.144 e. The summed E-state index contributed by atoms with van der Waals surface area (Å²) in [4.78, 5) is 0. The van der Waals surface area contributed by atoms with Crippen molar-refractivity contribution in [2.75, 3.05) is 5.73 Å². The standard InChI is InChI=1S/C18H20INO2/c1-10(2)14-8-11(6-7-17(14)21)22-18-13-5-3-4-12(13)16(20)9-15(18)19/h6-10,21H,3-5,20H2,1-2H3. The average molecular weight is 409 g/mol. The van der Waals surface area contributed by atoms with E-state index >= 15 is 0 Å². The molecule has 3 rings (SSSR count). The van der Waals surface area contributed by atoms with E-state index in [-0.39, 0.29) is 5.92 Å². The largest absolute Gasteiger partial charge is 0.508 e. The first-order chi connectivity index (χ1) is 10.5. The zero-order valence-corrected chi connectivity index (χ0v) is 15.0. The quantitative estimate of drug-likeness (QED) is 0.555. The third-order valence-electron chi connectivity index (χ3n) is 4.18. The molecule has 2 aromatic carbocycles. The van der Waals surface area contributed by atoms with Crippen LogP contribution >= 0.6 is 22.6 Å². The molecule has 116 valence electrons. The Morgan fingerprint density at radius 2 is 1.91 bits per heavy atom. The molecule has 0 bridgehead atoms. The third kappa shape index (κ3) is 2.76. The zero-order valence-electron chi connectivity index (χ0n) is 12.8. The van der Waals surface area contributed by atoms with Gasteiger partial charge in [-0.1, -0.05) is 13.8 Å². The molecule has 2 aromatic rings. The van der Waals surface area contributed by atoms with Gasteiger partial charge >= 0.3 is 0 Å². The number of hydrogen-bond acceptors (Lipinski definition) is 3. The molecule has 3 N–H and O–H groups in total. The second-order valence-electron chi connectivity index (χ2n) is 6.06. The average Bonchev–Trinajstić information content (AvgIpc) is 2.94. The minimum Gasteiger partial charge on any atom is -0.508 e. The molecule has 0 fully saturated rings. The van der Waals surface area contributed by atoms with Crippen molar-refractivity contribution in [1.29, 1.82) is 0 Å². The number of nitrogen functional groups attached to an aromatic ring is 1. The molecule has 0 unspecified atom stereocenters. The Kier molecular flexibility index (Phi) is 4.21. The summed E-state index contributed by atoms with van der Waals surface area (Å²) in [5, 5.41) is 9.94. The number of halogens is 1. The van der Waals surface area contributed by atoms with Crippen LogP contribution in [0, 0.1) is 3.57 Å². The monoisotopic (exact) mass is 409 g/mol. The molecule has 1 aliphatic rings. The summed E-state index contributed by atoms with van der Waals surface area (Å²) < 4.78 is 7.22. The Bertz CT molecular complexity index is 726. The van der Waals surface area contributed by atoms with E-state index in [4.69, 9.17) is 10.5 Å². The van der Waals surface area contributed by atoms with Crippen LogP contribution in [0.25, 0.3) is 0 Å². The summed E-state index contributed by atoms with van der Waals surface area (Å²) in [6.07, 6.45) is 3.17. The van der Waals surface area contributed by atoms with E-state index in [0.717, 1.165) is 45.6 Å². The number of benzene rings is 2. The van der Waals surface area contributed by atoms with Gasteiger partial charge in [0.2, 0.25) is 0 Å². The van der Waals surface area contributed by atoms with E-state index < -0.39 is 0 Å². The SMILES string of the molecule is CC(C)c1cc(Oc2c(I)cc(N)c3c2CCC3)ccc1O. The fourth-order valence-corrected chi connectivity index (χ4v) is 3.80. The van der Waals surface area contributed by atoms with Gasteiger partial charge in [0.05, 0.1) is 3.57 Å². The van der Waals surface area contributed by atoms with Gasteiger partial charge in [0.25, 0.3) is 0 Å². The topological polar surface area (TPSA) is 55.5 Å². The molecule has 3 nitrogen and oxygen atoms in total. The van der Waals surface area contributed by atoms with Crippen molar-refractivity contribution in [2.45, 2.75) is 39.0 Å². The fourth-order valence-electron chi connectivity index (χ4n) is 3.03. The molecule has 22 heavy (non-hydrogen) atoms. The van der Waals surface area contributed by atoms with E-state index in [1.165, 1.54) is 11.1 Å². The number of hydrogen-bond donors (Lipinski definition) is 2. The Labute approximate surface area is 144 Å². The highest BCUT2D eigenvalue weighted by molar-refractivity contribution is 14.1. The molecule has 0 spiro atoms. The molecular weight excluding hydrogens is 389 g/mol. The van der Waals surface area contributed by atoms with Crippen LogP contribution in [-0.2, 0) is 12.8 Å². The van der Waals surface area contributed by atoms with Crippen molar-refractivity contribution >= 4 is 28.3 Å². The molecule has 1 aliphatic carbocycles. The van der Waals surface area contributed by atoms with Gasteiger partial charge in [-0.3, -0.25) is 0 Å². The fraction of sp³-hybridized carbons (Fsp3) is 0.333. The summed E-state index contributed by atoms with van der Waals surface area (Å²) in [7, 11) is 0. The van der Waals surface area contributed by atoms with Crippen molar-refractivity contribution in [1.82, 2.24) is 0 Å². The van der Waals surface area contributed by atoms with Crippen LogP contribution in [0.15, 0.2) is 24.3 Å². The second kappa shape index (κ2) is 5.99. The van der Waals surface area contributed by atoms with Gasteiger partial charge < -0.3 is 15.6 Å². The van der Waals surface area contributed by atoms with E-state index in [1.54, 1.807) is 6.07 Å². The van der Waals surface area contributed by atoms with Gasteiger partial charge in [0.15, 0.2) is 0 Å². The number of aromatic hydroxyl groups is 1. The number of ether oxygens (including phenoxy) is 1. The number of phenols is 1. The Balaban J connectivity index is 2.01. The Morgan fingerprint density at radius 3 is 2.64 bits per heavy atom. The minimum atomic E-state index is 0.250. The predicted octanol–water partition coefficient (Wildman–Crippen LogP) is 4.98. The van der Waals surface area contributed by atoms with Crippen LogP contribution in [-0.4, -0.2) is 5.11 Å². The number of nitrogens with two attached hydrogens (primary N) is 1. The lowest BCUT2D eigenvalue weighted by Gasteiger charge is -2.16. The van der Waals surface area contributed by atoms with Crippen molar-refractivity contribution < 1.29 is 9.84 Å². The minimum absolute atomic E-state index is 0.250. The van der Waals surface area contributed by atoms with Crippen LogP contribution < -0.4 is 10.5 Å². The van der Waals surface area contributed by atoms with E-state index in [1.807, 2.05) is 18.2 Å². The molecule has 0 saturated heterocycles. The van der Waals surface area contributed by atoms with Crippen LogP contribution in [0.5, 0.6) is 17.2 Å². The van der Waals surface area contributed by atoms with Crippen molar-refractivity contribution in [2.24, 2.45) is 0 Å². The normalized spacial score (nSPS) is 13.5. The highest BCUT2D eigenvalue weighted by Crippen LogP contribution is 2.41. The number of anilines is 1. The summed E-state index contributed by atoms with van der Waals surface area (Å²) in [5.74, 6) is 2.25. The highest BCUT2D eigenvalue weighted by Gasteiger charge is 2.22. The van der Waals surface area contributed by atoms with Gasteiger partial charge in [-0.25, -0.2) is 0 Å². The van der Waals surface area contributed by atoms with Crippen LogP contribution in [0.1, 0.15) is 42.9 Å². The molecule has 0 radical (unpaired) electrons. The zero-order chi connectivity index (χ0) is 15.9. The lowest BCUT2D eigenvalue weighted by molar-refractivity contribution is 0.452. The molecule has 0 atom stereocenters. The first-order valence-electron chi connectivity index (χ1n) is 7.58. The van der Waals surface area contributed by atoms with Crippen molar-refractivity contribution in [3.05, 3.63) is 44.5 Å². The van der Waals surface area contributed by atoms with Crippen LogP contribution in [0.4, 0.5) is 5.69 Å². The number of rotatable bonds is 3. The summed E-state index contributed by atoms with van der Waals surface area (Å²) in [6, 6.07) is 7.43. The Morgan fingerprint density at radius 1 is 1.18 bits per heavy atom. The van der Waals surface area contributed by atoms with Gasteiger partial charge in [-0.05, 0) is 77.6 Å². The summed E-state index contributed by atoms with van der Waals surface area (Å²) in [6.45, 7) is 4.12. The van der Waals surface area contributed by atoms with Gasteiger partial charge in [-0.15, -0.1) is 0 Å². The van der Waals surface area contributed by atoms with Gasteiger partial charge in [0.1, 0.15) is 17.2 Å². The number of fused-ring (bicyclic) bond motifs is 1. The van der Waals surface area contributed by atoms with Crippen LogP contribution in [0.3, 0.4) is 0 Å².